The van der Waals surface area contributed by atoms with E-state index >= 15 is 0 Å². The molecule has 0 bridgehead atoms. The third-order valence-electron chi connectivity index (χ3n) is 4.20. The van der Waals surface area contributed by atoms with Crippen LogP contribution in [0.15, 0.2) is 42.5 Å². The molecule has 3 N–H and O–H groups in total. The van der Waals surface area contributed by atoms with Crippen LogP contribution in [-0.2, 0) is 12.8 Å². The van der Waals surface area contributed by atoms with Crippen molar-refractivity contribution in [1.29, 1.82) is 5.41 Å². The van der Waals surface area contributed by atoms with E-state index in [-0.39, 0.29) is 5.84 Å². The minimum Gasteiger partial charge on any atom is -0.384 e. The summed E-state index contributed by atoms with van der Waals surface area (Å²) in [6, 6.07) is 14.8. The summed E-state index contributed by atoms with van der Waals surface area (Å²) in [6.45, 7) is 4.03. The molecule has 0 radical (unpaired) electrons. The van der Waals surface area contributed by atoms with Gasteiger partial charge in [-0.05, 0) is 48.6 Å². The minimum absolute atomic E-state index is 0.145. The lowest BCUT2D eigenvalue weighted by Crippen LogP contribution is -2.29. The molecule has 0 fully saturated rings. The van der Waals surface area contributed by atoms with Crippen LogP contribution < -0.4 is 10.6 Å². The van der Waals surface area contributed by atoms with Gasteiger partial charge in [-0.2, -0.15) is 0 Å². The minimum atomic E-state index is 0.145. The zero-order valence-corrected chi connectivity index (χ0v) is 12.4. The summed E-state index contributed by atoms with van der Waals surface area (Å²) in [7, 11) is 0. The Kier molecular flexibility index (Phi) is 3.65. The smallest absolute Gasteiger partial charge is 0.124 e. The Morgan fingerprint density at radius 2 is 1.67 bits per heavy atom. The third-order valence-corrected chi connectivity index (χ3v) is 4.20. The second kappa shape index (κ2) is 5.60. The maximum absolute atomic E-state index is 7.80. The fourth-order valence-corrected chi connectivity index (χ4v) is 3.04. The molecule has 0 atom stereocenters. The van der Waals surface area contributed by atoms with E-state index in [1.807, 2.05) is 12.1 Å². The van der Waals surface area contributed by atoms with Crippen LogP contribution in [0.25, 0.3) is 0 Å². The van der Waals surface area contributed by atoms with E-state index in [1.54, 1.807) is 0 Å². The van der Waals surface area contributed by atoms with Crippen molar-refractivity contribution < 1.29 is 0 Å². The van der Waals surface area contributed by atoms with Gasteiger partial charge in [0.2, 0.25) is 0 Å². The molecule has 1 heterocycles. The molecule has 3 nitrogen and oxygen atoms in total. The van der Waals surface area contributed by atoms with Crippen molar-refractivity contribution in [3.05, 3.63) is 64.7 Å². The van der Waals surface area contributed by atoms with Gasteiger partial charge in [0.05, 0.1) is 0 Å². The second-order valence-electron chi connectivity index (χ2n) is 5.69. The Bertz CT molecular complexity index is 649. The largest absolute Gasteiger partial charge is 0.384 e. The van der Waals surface area contributed by atoms with Gasteiger partial charge in [0, 0.05) is 24.3 Å². The number of benzene rings is 2. The van der Waals surface area contributed by atoms with Crippen LogP contribution in [0.1, 0.15) is 22.3 Å². The number of nitrogens with two attached hydrogens (primary N) is 1. The SMILES string of the molecule is Cc1ccc(C(=N)N)c(N2CCc3ccccc3CC2)c1. The van der Waals surface area contributed by atoms with Crippen LogP contribution in [0.5, 0.6) is 0 Å². The number of anilines is 1. The monoisotopic (exact) mass is 279 g/mol. The van der Waals surface area contributed by atoms with Gasteiger partial charge in [-0.15, -0.1) is 0 Å². The molecular formula is C18H21N3. The quantitative estimate of drug-likeness (QED) is 0.656. The van der Waals surface area contributed by atoms with Crippen molar-refractivity contribution in [2.45, 2.75) is 19.8 Å². The number of hydrogen-bond donors (Lipinski definition) is 2. The van der Waals surface area contributed by atoms with E-state index in [0.717, 1.165) is 37.2 Å². The standard InChI is InChI=1S/C18H21N3/c1-13-6-7-16(18(19)20)17(12-13)21-10-8-14-4-2-3-5-15(14)9-11-21/h2-7,12H,8-11H2,1H3,(H3,19,20). The Hall–Kier alpha value is -2.29. The van der Waals surface area contributed by atoms with E-state index in [4.69, 9.17) is 11.1 Å². The molecule has 2 aromatic carbocycles. The molecule has 0 saturated heterocycles. The van der Waals surface area contributed by atoms with Crippen LogP contribution in [0.4, 0.5) is 5.69 Å². The van der Waals surface area contributed by atoms with Crippen molar-refractivity contribution in [3.63, 3.8) is 0 Å². The Labute approximate surface area is 125 Å². The first-order chi connectivity index (χ1) is 10.1. The number of hydrogen-bond acceptors (Lipinski definition) is 2. The molecule has 0 aliphatic carbocycles. The molecule has 1 aliphatic heterocycles. The van der Waals surface area contributed by atoms with Crippen molar-refractivity contribution >= 4 is 11.5 Å². The van der Waals surface area contributed by atoms with Gasteiger partial charge in [0.15, 0.2) is 0 Å². The highest BCUT2D eigenvalue weighted by Crippen LogP contribution is 2.25. The van der Waals surface area contributed by atoms with Gasteiger partial charge in [0.1, 0.15) is 5.84 Å². The zero-order chi connectivity index (χ0) is 14.8. The zero-order valence-electron chi connectivity index (χ0n) is 12.4. The number of amidine groups is 1. The lowest BCUT2D eigenvalue weighted by molar-refractivity contribution is 0.804. The van der Waals surface area contributed by atoms with Crippen LogP contribution in [0.3, 0.4) is 0 Å². The lowest BCUT2D eigenvalue weighted by Gasteiger charge is -2.25. The molecule has 1 aliphatic rings. The molecule has 2 aromatic rings. The molecule has 0 unspecified atom stereocenters. The Morgan fingerprint density at radius 3 is 2.24 bits per heavy atom. The summed E-state index contributed by atoms with van der Waals surface area (Å²) in [5.41, 5.74) is 11.8. The fourth-order valence-electron chi connectivity index (χ4n) is 3.04. The first-order valence-electron chi connectivity index (χ1n) is 7.42. The third kappa shape index (κ3) is 2.77. The average Bonchev–Trinajstić information content (AvgIpc) is 2.69. The van der Waals surface area contributed by atoms with Crippen LogP contribution in [-0.4, -0.2) is 18.9 Å². The van der Waals surface area contributed by atoms with Crippen molar-refractivity contribution in [1.82, 2.24) is 0 Å². The molecule has 0 amide bonds. The number of aryl methyl sites for hydroxylation is 1. The van der Waals surface area contributed by atoms with E-state index in [2.05, 4.69) is 42.2 Å². The molecule has 0 spiro atoms. The highest BCUT2D eigenvalue weighted by atomic mass is 15.1. The number of nitrogen functional groups attached to an aromatic ring is 1. The fraction of sp³-hybridized carbons (Fsp3) is 0.278. The molecule has 3 rings (SSSR count). The summed E-state index contributed by atoms with van der Waals surface area (Å²) in [5, 5.41) is 7.80. The van der Waals surface area contributed by atoms with Crippen molar-refractivity contribution in [2.75, 3.05) is 18.0 Å². The van der Waals surface area contributed by atoms with E-state index in [1.165, 1.54) is 16.7 Å². The summed E-state index contributed by atoms with van der Waals surface area (Å²) in [4.78, 5) is 2.36. The summed E-state index contributed by atoms with van der Waals surface area (Å²) >= 11 is 0. The van der Waals surface area contributed by atoms with Gasteiger partial charge in [-0.1, -0.05) is 30.3 Å². The molecule has 0 aromatic heterocycles. The lowest BCUT2D eigenvalue weighted by atomic mass is 10.0. The maximum Gasteiger partial charge on any atom is 0.124 e. The normalized spacial score (nSPS) is 14.4. The molecule has 0 saturated carbocycles. The predicted octanol–water partition coefficient (Wildman–Crippen LogP) is 2.88. The van der Waals surface area contributed by atoms with Gasteiger partial charge in [-0.3, -0.25) is 5.41 Å². The van der Waals surface area contributed by atoms with Gasteiger partial charge in [-0.25, -0.2) is 0 Å². The predicted molar refractivity (Wildman–Crippen MR) is 88.3 cm³/mol. The second-order valence-corrected chi connectivity index (χ2v) is 5.69. The highest BCUT2D eigenvalue weighted by Gasteiger charge is 2.17. The van der Waals surface area contributed by atoms with E-state index in [9.17, 15) is 0 Å². The molecule has 3 heteroatoms. The molecular weight excluding hydrogens is 258 g/mol. The van der Waals surface area contributed by atoms with Crippen LogP contribution >= 0.6 is 0 Å². The van der Waals surface area contributed by atoms with Gasteiger partial charge >= 0.3 is 0 Å². The first-order valence-corrected chi connectivity index (χ1v) is 7.42. The summed E-state index contributed by atoms with van der Waals surface area (Å²) in [6.07, 6.45) is 2.09. The summed E-state index contributed by atoms with van der Waals surface area (Å²) < 4.78 is 0. The highest BCUT2D eigenvalue weighted by molar-refractivity contribution is 6.00. The number of rotatable bonds is 2. The van der Waals surface area contributed by atoms with Crippen molar-refractivity contribution in [2.24, 2.45) is 5.73 Å². The molecule has 108 valence electrons. The van der Waals surface area contributed by atoms with E-state index in [0.29, 0.717) is 0 Å². The van der Waals surface area contributed by atoms with Crippen LogP contribution in [0.2, 0.25) is 0 Å². The van der Waals surface area contributed by atoms with Gasteiger partial charge < -0.3 is 10.6 Å². The topological polar surface area (TPSA) is 53.1 Å². The molecule has 21 heavy (non-hydrogen) atoms. The number of nitrogens with one attached hydrogen (secondary N) is 1. The Balaban J connectivity index is 1.93. The van der Waals surface area contributed by atoms with Crippen molar-refractivity contribution in [3.8, 4) is 0 Å². The first kappa shape index (κ1) is 13.7. The van der Waals surface area contributed by atoms with E-state index < -0.39 is 0 Å². The maximum atomic E-state index is 7.80. The summed E-state index contributed by atoms with van der Waals surface area (Å²) in [5.74, 6) is 0.145. The number of nitrogens with zero attached hydrogens (tertiary/aromatic N) is 1. The number of fused-ring (bicyclic) bond motifs is 1. The average molecular weight is 279 g/mol. The van der Waals surface area contributed by atoms with Gasteiger partial charge in [0.25, 0.3) is 0 Å². The van der Waals surface area contributed by atoms with Crippen LogP contribution in [0, 0.1) is 12.3 Å². The Morgan fingerprint density at radius 1 is 1.05 bits per heavy atom.